The molecule has 0 saturated carbocycles. The molecule has 0 spiro atoms. The number of benzene rings is 1. The molecule has 4 rings (SSSR count). The second-order valence-electron chi connectivity index (χ2n) is 6.49. The second-order valence-corrected chi connectivity index (χ2v) is 9.21. The third-order valence-electron chi connectivity index (χ3n) is 5.00. The molecule has 0 unspecified atom stereocenters. The van der Waals surface area contributed by atoms with Crippen LogP contribution < -0.4 is 0 Å². The Morgan fingerprint density at radius 3 is 2.48 bits per heavy atom. The molecule has 1 aromatic carbocycles. The normalized spacial score (nSPS) is 18.3. The Morgan fingerprint density at radius 1 is 1.00 bits per heavy atom. The first-order valence-corrected chi connectivity index (χ1v) is 10.9. The van der Waals surface area contributed by atoms with Gasteiger partial charge in [0.25, 0.3) is 5.91 Å². The zero-order chi connectivity index (χ0) is 17.4. The fourth-order valence-corrected chi connectivity index (χ4v) is 5.66. The van der Waals surface area contributed by atoms with E-state index in [0.29, 0.717) is 36.6 Å². The molecule has 5 nitrogen and oxygen atoms in total. The molecule has 0 bridgehead atoms. The molecule has 1 aliphatic carbocycles. The van der Waals surface area contributed by atoms with Crippen molar-refractivity contribution in [3.8, 4) is 0 Å². The molecule has 7 heteroatoms. The zero-order valence-corrected chi connectivity index (χ0v) is 15.5. The van der Waals surface area contributed by atoms with E-state index in [1.165, 1.54) is 21.2 Å². The van der Waals surface area contributed by atoms with Gasteiger partial charge in [-0.05, 0) is 54.0 Å². The van der Waals surface area contributed by atoms with Crippen LogP contribution in [0.4, 0.5) is 0 Å². The van der Waals surface area contributed by atoms with Crippen molar-refractivity contribution < 1.29 is 13.2 Å². The smallest absolute Gasteiger partial charge is 0.254 e. The Bertz CT molecular complexity index is 883. The standard InChI is InChI=1S/C18H20N2O3S2/c21-18(16-6-11-24-13-16)19-7-9-20(10-8-19)25(22,23)17-5-4-14-2-1-3-15(14)12-17/h4-6,11-13H,1-3,7-10H2. The maximum Gasteiger partial charge on any atom is 0.254 e. The van der Waals surface area contributed by atoms with Gasteiger partial charge >= 0.3 is 0 Å². The van der Waals surface area contributed by atoms with E-state index in [0.717, 1.165) is 24.8 Å². The van der Waals surface area contributed by atoms with Gasteiger partial charge in [0.15, 0.2) is 0 Å². The van der Waals surface area contributed by atoms with Gasteiger partial charge in [0, 0.05) is 31.6 Å². The highest BCUT2D eigenvalue weighted by atomic mass is 32.2. The van der Waals surface area contributed by atoms with Gasteiger partial charge in [-0.15, -0.1) is 0 Å². The van der Waals surface area contributed by atoms with Gasteiger partial charge in [-0.1, -0.05) is 6.07 Å². The minimum absolute atomic E-state index is 0.0178. The molecular weight excluding hydrogens is 356 g/mol. The number of sulfonamides is 1. The molecule has 1 aliphatic heterocycles. The lowest BCUT2D eigenvalue weighted by Crippen LogP contribution is -2.50. The van der Waals surface area contributed by atoms with Crippen molar-refractivity contribution in [1.29, 1.82) is 0 Å². The van der Waals surface area contributed by atoms with Gasteiger partial charge < -0.3 is 4.90 Å². The molecule has 2 aliphatic rings. The molecular formula is C18H20N2O3S2. The minimum atomic E-state index is -3.49. The molecule has 132 valence electrons. The zero-order valence-electron chi connectivity index (χ0n) is 13.8. The Kier molecular flexibility index (Phi) is 4.39. The lowest BCUT2D eigenvalue weighted by atomic mass is 10.1. The number of carbonyl (C=O) groups excluding carboxylic acids is 1. The molecule has 1 amide bonds. The summed E-state index contributed by atoms with van der Waals surface area (Å²) in [7, 11) is -3.49. The van der Waals surface area contributed by atoms with Crippen LogP contribution in [-0.4, -0.2) is 49.7 Å². The fraction of sp³-hybridized carbons (Fsp3) is 0.389. The SMILES string of the molecule is O=C(c1ccsc1)N1CCN(S(=O)(=O)c2ccc3c(c2)CCC3)CC1. The Balaban J connectivity index is 1.47. The summed E-state index contributed by atoms with van der Waals surface area (Å²) in [6.07, 6.45) is 3.10. The summed E-state index contributed by atoms with van der Waals surface area (Å²) in [6, 6.07) is 7.31. The highest BCUT2D eigenvalue weighted by molar-refractivity contribution is 7.89. The Hall–Kier alpha value is -1.70. The average Bonchev–Trinajstić information content (AvgIpc) is 3.32. The molecule has 0 atom stereocenters. The molecule has 1 aromatic heterocycles. The number of rotatable bonds is 3. The molecule has 25 heavy (non-hydrogen) atoms. The quantitative estimate of drug-likeness (QED) is 0.826. The van der Waals surface area contributed by atoms with Crippen LogP contribution in [0.3, 0.4) is 0 Å². The number of fused-ring (bicyclic) bond motifs is 1. The van der Waals surface area contributed by atoms with Gasteiger partial charge in [0.05, 0.1) is 10.5 Å². The van der Waals surface area contributed by atoms with Crippen LogP contribution in [0.25, 0.3) is 0 Å². The fourth-order valence-electron chi connectivity index (χ4n) is 3.56. The Labute approximate surface area is 151 Å². The first kappa shape index (κ1) is 16.8. The highest BCUT2D eigenvalue weighted by Gasteiger charge is 2.31. The van der Waals surface area contributed by atoms with E-state index in [2.05, 4.69) is 0 Å². The summed E-state index contributed by atoms with van der Waals surface area (Å²) in [5.74, 6) is -0.0178. The average molecular weight is 377 g/mol. The number of amides is 1. The third-order valence-corrected chi connectivity index (χ3v) is 7.58. The van der Waals surface area contributed by atoms with Crippen LogP contribution in [0, 0.1) is 0 Å². The number of thiophene rings is 1. The van der Waals surface area contributed by atoms with Crippen LogP contribution in [0.2, 0.25) is 0 Å². The number of carbonyl (C=O) groups is 1. The lowest BCUT2D eigenvalue weighted by molar-refractivity contribution is 0.0698. The van der Waals surface area contributed by atoms with Crippen LogP contribution in [-0.2, 0) is 22.9 Å². The molecule has 1 saturated heterocycles. The second kappa shape index (κ2) is 6.55. The van der Waals surface area contributed by atoms with Crippen LogP contribution in [0.15, 0.2) is 39.9 Å². The van der Waals surface area contributed by atoms with Crippen molar-refractivity contribution in [3.05, 3.63) is 51.7 Å². The molecule has 2 heterocycles. The molecule has 0 N–H and O–H groups in total. The lowest BCUT2D eigenvalue weighted by Gasteiger charge is -2.34. The molecule has 2 aromatic rings. The van der Waals surface area contributed by atoms with E-state index < -0.39 is 10.0 Å². The highest BCUT2D eigenvalue weighted by Crippen LogP contribution is 2.27. The van der Waals surface area contributed by atoms with Crippen molar-refractivity contribution >= 4 is 27.3 Å². The van der Waals surface area contributed by atoms with Crippen molar-refractivity contribution in [2.24, 2.45) is 0 Å². The van der Waals surface area contributed by atoms with E-state index >= 15 is 0 Å². The maximum atomic E-state index is 12.9. The van der Waals surface area contributed by atoms with Gasteiger partial charge in [-0.3, -0.25) is 4.79 Å². The number of aryl methyl sites for hydroxylation is 2. The van der Waals surface area contributed by atoms with Crippen LogP contribution >= 0.6 is 11.3 Å². The first-order chi connectivity index (χ1) is 12.1. The van der Waals surface area contributed by atoms with Gasteiger partial charge in [-0.25, -0.2) is 8.42 Å². The maximum absolute atomic E-state index is 12.9. The van der Waals surface area contributed by atoms with Crippen LogP contribution in [0.5, 0.6) is 0 Å². The summed E-state index contributed by atoms with van der Waals surface area (Å²) >= 11 is 1.49. The number of hydrogen-bond acceptors (Lipinski definition) is 4. The molecule has 0 radical (unpaired) electrons. The third kappa shape index (κ3) is 3.12. The number of hydrogen-bond donors (Lipinski definition) is 0. The predicted molar refractivity (Wildman–Crippen MR) is 97.4 cm³/mol. The van der Waals surface area contributed by atoms with E-state index in [9.17, 15) is 13.2 Å². The largest absolute Gasteiger partial charge is 0.336 e. The summed E-state index contributed by atoms with van der Waals surface area (Å²) in [5, 5.41) is 3.71. The Morgan fingerprint density at radius 2 is 1.76 bits per heavy atom. The van der Waals surface area contributed by atoms with Crippen molar-refractivity contribution in [1.82, 2.24) is 9.21 Å². The number of piperazine rings is 1. The summed E-state index contributed by atoms with van der Waals surface area (Å²) in [5.41, 5.74) is 3.11. The first-order valence-electron chi connectivity index (χ1n) is 8.49. The van der Waals surface area contributed by atoms with Crippen molar-refractivity contribution in [2.75, 3.05) is 26.2 Å². The van der Waals surface area contributed by atoms with Gasteiger partial charge in [0.1, 0.15) is 0 Å². The topological polar surface area (TPSA) is 57.7 Å². The van der Waals surface area contributed by atoms with E-state index in [1.54, 1.807) is 17.0 Å². The monoisotopic (exact) mass is 376 g/mol. The van der Waals surface area contributed by atoms with Crippen LogP contribution in [0.1, 0.15) is 27.9 Å². The van der Waals surface area contributed by atoms with Gasteiger partial charge in [-0.2, -0.15) is 15.6 Å². The van der Waals surface area contributed by atoms with Crippen molar-refractivity contribution in [3.63, 3.8) is 0 Å². The summed E-state index contributed by atoms with van der Waals surface area (Å²) in [4.78, 5) is 14.5. The van der Waals surface area contributed by atoms with Crippen molar-refractivity contribution in [2.45, 2.75) is 24.2 Å². The van der Waals surface area contributed by atoms with Gasteiger partial charge in [0.2, 0.25) is 10.0 Å². The van der Waals surface area contributed by atoms with E-state index in [4.69, 9.17) is 0 Å². The van der Waals surface area contributed by atoms with E-state index in [1.807, 2.05) is 22.9 Å². The minimum Gasteiger partial charge on any atom is -0.336 e. The summed E-state index contributed by atoms with van der Waals surface area (Å²) < 4.78 is 27.3. The van der Waals surface area contributed by atoms with E-state index in [-0.39, 0.29) is 5.91 Å². The summed E-state index contributed by atoms with van der Waals surface area (Å²) in [6.45, 7) is 1.54. The number of nitrogens with zero attached hydrogens (tertiary/aromatic N) is 2. The predicted octanol–water partition coefficient (Wildman–Crippen LogP) is 2.38. The molecule has 1 fully saturated rings.